The van der Waals surface area contributed by atoms with Gasteiger partial charge < -0.3 is 0 Å². The van der Waals surface area contributed by atoms with E-state index in [1.807, 2.05) is 24.3 Å². The predicted molar refractivity (Wildman–Crippen MR) is 94.3 cm³/mol. The summed E-state index contributed by atoms with van der Waals surface area (Å²) < 4.78 is 12.1. The molecule has 0 aromatic heterocycles. The van der Waals surface area contributed by atoms with Gasteiger partial charge in [-0.1, -0.05) is 82.4 Å². The van der Waals surface area contributed by atoms with Crippen molar-refractivity contribution in [2.45, 2.75) is 83.0 Å². The van der Waals surface area contributed by atoms with Gasteiger partial charge in [-0.2, -0.15) is 0 Å². The fraction of sp³-hybridized carbons (Fsp3) is 0.684. The lowest BCUT2D eigenvalue weighted by molar-refractivity contribution is 0.562. The minimum absolute atomic E-state index is 0.804. The summed E-state index contributed by atoms with van der Waals surface area (Å²) in [4.78, 5) is 0.983. The quantitative estimate of drug-likeness (QED) is 0.431. The van der Waals surface area contributed by atoms with Crippen LogP contribution in [0.1, 0.15) is 76.7 Å². The van der Waals surface area contributed by atoms with Gasteiger partial charge in [0, 0.05) is 10.6 Å². The second-order valence-corrected chi connectivity index (χ2v) is 7.62. The average Bonchev–Trinajstić information content (AvgIpc) is 2.49. The average molecular weight is 309 g/mol. The summed E-state index contributed by atoms with van der Waals surface area (Å²) in [6.45, 7) is 4.33. The van der Waals surface area contributed by atoms with Gasteiger partial charge in [0.15, 0.2) is 0 Å². The Balaban J connectivity index is 1.96. The molecule has 0 aliphatic rings. The largest absolute Gasteiger partial charge is 0.254 e. The first-order valence-corrected chi connectivity index (χ1v) is 10.0. The van der Waals surface area contributed by atoms with Gasteiger partial charge in [0.25, 0.3) is 0 Å². The zero-order valence-electron chi connectivity index (χ0n) is 13.9. The number of aryl methyl sites for hydroxylation is 1. The molecule has 0 amide bonds. The van der Waals surface area contributed by atoms with E-state index in [9.17, 15) is 4.21 Å². The molecule has 1 aromatic rings. The maximum atomic E-state index is 12.1. The highest BCUT2D eigenvalue weighted by Gasteiger charge is 2.02. The molecule has 2 heteroatoms. The SMILES string of the molecule is CCCCCCCCCCCC[S@](=O)c1ccc(C)cc1. The highest BCUT2D eigenvalue weighted by Crippen LogP contribution is 2.13. The Hall–Kier alpha value is -0.630. The molecule has 0 heterocycles. The first kappa shape index (κ1) is 18.4. The lowest BCUT2D eigenvalue weighted by Gasteiger charge is -2.04. The van der Waals surface area contributed by atoms with E-state index in [2.05, 4.69) is 13.8 Å². The van der Waals surface area contributed by atoms with E-state index in [0.29, 0.717) is 0 Å². The molecule has 0 unspecified atom stereocenters. The fourth-order valence-electron chi connectivity index (χ4n) is 2.53. The lowest BCUT2D eigenvalue weighted by atomic mass is 10.1. The normalized spacial score (nSPS) is 12.5. The highest BCUT2D eigenvalue weighted by molar-refractivity contribution is 7.85. The highest BCUT2D eigenvalue weighted by atomic mass is 32.2. The fourth-order valence-corrected chi connectivity index (χ4v) is 3.67. The minimum Gasteiger partial charge on any atom is -0.254 e. The first-order valence-electron chi connectivity index (χ1n) is 8.69. The van der Waals surface area contributed by atoms with Crippen LogP contribution in [0.5, 0.6) is 0 Å². The Morgan fingerprint density at radius 1 is 0.762 bits per heavy atom. The molecule has 0 spiro atoms. The lowest BCUT2D eigenvalue weighted by Crippen LogP contribution is -1.98. The van der Waals surface area contributed by atoms with Crippen molar-refractivity contribution in [1.29, 1.82) is 0 Å². The van der Waals surface area contributed by atoms with Gasteiger partial charge in [-0.15, -0.1) is 0 Å². The van der Waals surface area contributed by atoms with Crippen LogP contribution in [0.4, 0.5) is 0 Å². The Morgan fingerprint density at radius 2 is 1.24 bits per heavy atom. The molecule has 1 nitrogen and oxygen atoms in total. The zero-order chi connectivity index (χ0) is 15.3. The molecule has 1 atom stereocenters. The van der Waals surface area contributed by atoms with Crippen molar-refractivity contribution < 1.29 is 4.21 Å². The van der Waals surface area contributed by atoms with Crippen LogP contribution in [0.25, 0.3) is 0 Å². The number of benzene rings is 1. The van der Waals surface area contributed by atoms with Crippen molar-refractivity contribution in [1.82, 2.24) is 0 Å². The van der Waals surface area contributed by atoms with Gasteiger partial charge in [-0.3, -0.25) is 4.21 Å². The molecule has 120 valence electrons. The minimum atomic E-state index is -0.804. The van der Waals surface area contributed by atoms with Crippen molar-refractivity contribution in [3.63, 3.8) is 0 Å². The van der Waals surface area contributed by atoms with Crippen LogP contribution in [0.3, 0.4) is 0 Å². The number of hydrogen-bond donors (Lipinski definition) is 0. The standard InChI is InChI=1S/C19H32OS/c1-3-4-5-6-7-8-9-10-11-12-17-21(20)19-15-13-18(2)14-16-19/h13-16H,3-12,17H2,1-2H3/t21-/m0/s1. The maximum absolute atomic E-state index is 12.1. The molecule has 0 saturated carbocycles. The van der Waals surface area contributed by atoms with Crippen LogP contribution < -0.4 is 0 Å². The van der Waals surface area contributed by atoms with Crippen LogP contribution >= 0.6 is 0 Å². The molecule has 1 aromatic carbocycles. The van der Waals surface area contributed by atoms with Gasteiger partial charge in [0.05, 0.1) is 10.8 Å². The Bertz CT molecular complexity index is 383. The van der Waals surface area contributed by atoms with Gasteiger partial charge in [0.1, 0.15) is 0 Å². The molecular formula is C19H32OS. The van der Waals surface area contributed by atoms with Gasteiger partial charge in [-0.25, -0.2) is 0 Å². The van der Waals surface area contributed by atoms with Crippen LogP contribution in [0, 0.1) is 6.92 Å². The third-order valence-corrected chi connectivity index (χ3v) is 5.42. The number of rotatable bonds is 12. The number of hydrogen-bond acceptors (Lipinski definition) is 1. The van der Waals surface area contributed by atoms with E-state index in [1.54, 1.807) is 0 Å². The molecule has 0 radical (unpaired) electrons. The third kappa shape index (κ3) is 9.08. The van der Waals surface area contributed by atoms with Gasteiger partial charge >= 0.3 is 0 Å². The van der Waals surface area contributed by atoms with Crippen molar-refractivity contribution in [2.24, 2.45) is 0 Å². The second kappa shape index (κ2) is 12.0. The van der Waals surface area contributed by atoms with E-state index >= 15 is 0 Å². The van der Waals surface area contributed by atoms with Crippen LogP contribution in [0.2, 0.25) is 0 Å². The van der Waals surface area contributed by atoms with Gasteiger partial charge in [-0.05, 0) is 25.5 Å². The molecule has 0 aliphatic heterocycles. The Morgan fingerprint density at radius 3 is 1.76 bits per heavy atom. The molecule has 0 fully saturated rings. The summed E-state index contributed by atoms with van der Waals surface area (Å²) in [5, 5.41) is 0. The van der Waals surface area contributed by atoms with E-state index in [-0.39, 0.29) is 0 Å². The summed E-state index contributed by atoms with van der Waals surface area (Å²) >= 11 is 0. The van der Waals surface area contributed by atoms with Crippen molar-refractivity contribution in [3.05, 3.63) is 29.8 Å². The molecule has 0 bridgehead atoms. The molecule has 0 N–H and O–H groups in total. The van der Waals surface area contributed by atoms with Crippen LogP contribution in [-0.2, 0) is 10.8 Å². The zero-order valence-corrected chi connectivity index (χ0v) is 14.7. The monoisotopic (exact) mass is 308 g/mol. The maximum Gasteiger partial charge on any atom is 0.0529 e. The Kier molecular flexibility index (Phi) is 10.5. The first-order chi connectivity index (χ1) is 10.2. The van der Waals surface area contributed by atoms with Crippen LogP contribution in [-0.4, -0.2) is 9.96 Å². The summed E-state index contributed by atoms with van der Waals surface area (Å²) in [6.07, 6.45) is 13.3. The second-order valence-electron chi connectivity index (χ2n) is 6.04. The van der Waals surface area contributed by atoms with E-state index in [1.165, 1.54) is 63.4 Å². The van der Waals surface area contributed by atoms with E-state index in [4.69, 9.17) is 0 Å². The smallest absolute Gasteiger partial charge is 0.0529 e. The summed E-state index contributed by atoms with van der Waals surface area (Å²) in [5.74, 6) is 0.819. The molecular weight excluding hydrogens is 276 g/mol. The van der Waals surface area contributed by atoms with Crippen LogP contribution in [0.15, 0.2) is 29.2 Å². The summed E-state index contributed by atoms with van der Waals surface area (Å²) in [6, 6.07) is 8.10. The van der Waals surface area contributed by atoms with E-state index in [0.717, 1.165) is 17.1 Å². The van der Waals surface area contributed by atoms with Crippen molar-refractivity contribution in [2.75, 3.05) is 5.75 Å². The molecule has 0 aliphatic carbocycles. The Labute approximate surface area is 134 Å². The van der Waals surface area contributed by atoms with Crippen molar-refractivity contribution >= 4 is 10.8 Å². The molecule has 21 heavy (non-hydrogen) atoms. The molecule has 1 rings (SSSR count). The van der Waals surface area contributed by atoms with Crippen molar-refractivity contribution in [3.8, 4) is 0 Å². The summed E-state index contributed by atoms with van der Waals surface area (Å²) in [5.41, 5.74) is 1.23. The van der Waals surface area contributed by atoms with Gasteiger partial charge in [0.2, 0.25) is 0 Å². The summed E-state index contributed by atoms with van der Waals surface area (Å²) in [7, 11) is -0.804. The number of unbranched alkanes of at least 4 members (excludes halogenated alkanes) is 9. The third-order valence-electron chi connectivity index (χ3n) is 3.97. The van der Waals surface area contributed by atoms with E-state index < -0.39 is 10.8 Å². The molecule has 0 saturated heterocycles. The topological polar surface area (TPSA) is 17.1 Å². The predicted octanol–water partition coefficient (Wildman–Crippen LogP) is 6.02.